The predicted octanol–water partition coefficient (Wildman–Crippen LogP) is 10.3. The number of hydrogen-bond donors (Lipinski definition) is 2. The average molecular weight is 1470 g/mol. The second kappa shape index (κ2) is 32.7. The van der Waals surface area contributed by atoms with Crippen molar-refractivity contribution in [2.75, 3.05) is 14.2 Å². The molecule has 0 saturated carbocycles. The topological polar surface area (TPSA) is 186 Å². The van der Waals surface area contributed by atoms with Crippen molar-refractivity contribution in [3.8, 4) is 45.0 Å². The number of aliphatic hydroxyl groups excluding tert-OH is 2. The van der Waals surface area contributed by atoms with Crippen molar-refractivity contribution in [1.82, 2.24) is 19.9 Å². The maximum atomic E-state index is 10.7. The molecule has 10 rings (SSSR count). The van der Waals surface area contributed by atoms with Gasteiger partial charge in [-0.3, -0.25) is 4.98 Å². The summed E-state index contributed by atoms with van der Waals surface area (Å²) in [4.78, 5) is 17.3. The van der Waals surface area contributed by atoms with E-state index in [0.29, 0.717) is 0 Å². The zero-order chi connectivity index (χ0) is 57.6. The van der Waals surface area contributed by atoms with Gasteiger partial charge in [0, 0.05) is 84.8 Å². The molecule has 0 atom stereocenters. The van der Waals surface area contributed by atoms with Gasteiger partial charge in [0.05, 0.1) is 28.1 Å². The van der Waals surface area contributed by atoms with Gasteiger partial charge in [0.15, 0.2) is 10.1 Å². The largest absolute Gasteiger partial charge is 0.741 e. The number of rotatable bonds is 6. The predicted molar refractivity (Wildman–Crippen MR) is 299 cm³/mol. The van der Waals surface area contributed by atoms with Crippen molar-refractivity contribution in [3.05, 3.63) is 207 Å². The average Bonchev–Trinajstić information content (AvgIpc) is 3.82. The Morgan fingerprint density at radius 1 is 0.450 bits per heavy atom. The number of benzene rings is 4. The third kappa shape index (κ3) is 20.7. The van der Waals surface area contributed by atoms with Crippen molar-refractivity contribution < 1.29 is 95.2 Å². The van der Waals surface area contributed by atoms with E-state index in [-0.39, 0.29) is 76.9 Å². The van der Waals surface area contributed by atoms with Crippen LogP contribution in [0.3, 0.4) is 0 Å². The fraction of sp³-hybridized carbons (Fsp3) is 0.254. The normalized spacial score (nSPS) is 14.8. The number of aromatic nitrogens is 4. The molecule has 8 aromatic rings. The van der Waals surface area contributed by atoms with Gasteiger partial charge in [-0.25, -0.2) is 8.42 Å². The minimum absolute atomic E-state index is 0. The second-order valence-corrected chi connectivity index (χ2v) is 20.0. The summed E-state index contributed by atoms with van der Waals surface area (Å²) < 4.78 is 83.2. The monoisotopic (exact) mass is 1470 g/mol. The minimum atomic E-state index is -6.09. The van der Waals surface area contributed by atoms with Crippen molar-refractivity contribution >= 4 is 35.3 Å². The Bertz CT molecular complexity index is 2820. The van der Waals surface area contributed by atoms with E-state index in [4.69, 9.17) is 41.8 Å². The molecule has 0 spiro atoms. The molecule has 2 aliphatic rings. The summed E-state index contributed by atoms with van der Waals surface area (Å²) in [5, 5.41) is 14.0. The Morgan fingerprint density at radius 2 is 0.750 bits per heavy atom. The smallest absolute Gasteiger partial charge is 0.494 e. The number of halogens is 3. The van der Waals surface area contributed by atoms with E-state index in [1.807, 2.05) is 158 Å². The van der Waals surface area contributed by atoms with Gasteiger partial charge in [0.25, 0.3) is 0 Å². The first-order chi connectivity index (χ1) is 37.0. The summed E-state index contributed by atoms with van der Waals surface area (Å²) in [6.45, 7) is 16.5. The van der Waals surface area contributed by atoms with Gasteiger partial charge in [-0.2, -0.15) is 13.2 Å². The van der Waals surface area contributed by atoms with Crippen LogP contribution in [0.1, 0.15) is 55.4 Å². The van der Waals surface area contributed by atoms with E-state index in [2.05, 4.69) is 106 Å². The first kappa shape index (κ1) is 70.5. The van der Waals surface area contributed by atoms with Crippen LogP contribution in [0, 0.1) is 18.2 Å². The van der Waals surface area contributed by atoms with Crippen LogP contribution in [-0.2, 0) is 68.9 Å². The quantitative estimate of drug-likeness (QED) is 0.0694. The third-order valence-corrected chi connectivity index (χ3v) is 12.8. The summed E-state index contributed by atoms with van der Waals surface area (Å²) in [6, 6.07) is 62.7. The van der Waals surface area contributed by atoms with Crippen LogP contribution in [-0.4, -0.2) is 99.5 Å². The molecule has 2 N–H and O–H groups in total. The maximum absolute atomic E-state index is 10.7. The van der Waals surface area contributed by atoms with E-state index in [0.717, 1.165) is 70.2 Å². The molecule has 0 unspecified atom stereocenters. The standard InChI is InChI=1S/C17H20BNO2.C17H19BNO2.2C11H8N.CHF3O3S.2CH4O.2Ir/c2*1-16(2)17(3,4)21-18(20-16)14-10-11-19-15(12-14)13-8-6-5-7-9-13;2*1-2-6-10(7-3-1)11-8-4-5-9-12-11;2-1(3,4)8(5,6)7;2*1-2;;/h5-12H,1-4H3;5-8,10-12H,1-4H3;2*1-6,8-9H;(H,5,6,7);2*2H,1H3;;/q;3*-1;;;;;/p-1. The summed E-state index contributed by atoms with van der Waals surface area (Å²) >= 11 is 0. The van der Waals surface area contributed by atoms with Crippen LogP contribution in [0.5, 0.6) is 0 Å². The van der Waals surface area contributed by atoms with E-state index < -0.39 is 15.6 Å². The molecule has 0 amide bonds. The van der Waals surface area contributed by atoms with Crippen LogP contribution >= 0.6 is 0 Å². The molecule has 2 aliphatic heterocycles. The first-order valence-electron chi connectivity index (χ1n) is 24.3. The van der Waals surface area contributed by atoms with Crippen molar-refractivity contribution in [3.63, 3.8) is 0 Å². The molecule has 2 fully saturated rings. The van der Waals surface area contributed by atoms with Crippen LogP contribution in [0.25, 0.3) is 45.0 Å². The zero-order valence-electron chi connectivity index (χ0n) is 45.8. The molecule has 6 heterocycles. The summed E-state index contributed by atoms with van der Waals surface area (Å²) in [7, 11) is -4.80. The van der Waals surface area contributed by atoms with Gasteiger partial charge >= 0.3 is 19.7 Å². The van der Waals surface area contributed by atoms with Gasteiger partial charge in [0.1, 0.15) is 0 Å². The summed E-state index contributed by atoms with van der Waals surface area (Å²) in [6.07, 6.45) is 7.17. The summed E-state index contributed by atoms with van der Waals surface area (Å²) in [5.41, 5.74) is 2.91. The molecule has 428 valence electrons. The molecule has 0 aliphatic carbocycles. The maximum Gasteiger partial charge on any atom is 0.494 e. The van der Waals surface area contributed by atoms with Crippen LogP contribution in [0.2, 0.25) is 0 Å². The number of aliphatic hydroxyl groups is 2. The van der Waals surface area contributed by atoms with Gasteiger partial charge in [-0.1, -0.05) is 60.7 Å². The molecule has 2 radical (unpaired) electrons. The molecular weight excluding hydrogens is 1400 g/mol. The molecule has 0 bridgehead atoms. The van der Waals surface area contributed by atoms with Crippen molar-refractivity contribution in [2.45, 2.75) is 83.3 Å². The fourth-order valence-corrected chi connectivity index (χ4v) is 6.76. The Labute approximate surface area is 496 Å². The van der Waals surface area contributed by atoms with Gasteiger partial charge in [-0.05, 0) is 114 Å². The Balaban J connectivity index is 0.000000347. The molecule has 13 nitrogen and oxygen atoms in total. The van der Waals surface area contributed by atoms with Crippen LogP contribution in [0.15, 0.2) is 189 Å². The first-order valence-corrected chi connectivity index (χ1v) is 25.7. The molecule has 80 heavy (non-hydrogen) atoms. The number of alkyl halides is 3. The van der Waals surface area contributed by atoms with Crippen molar-refractivity contribution in [2.24, 2.45) is 0 Å². The number of nitrogens with zero attached hydrogens (tertiary/aromatic N) is 4. The SMILES string of the molecule is CC1(C)OB(c2ccnc(-c3[c-]cccc3)c2)OC1(C)C.CC1(C)OB(c2ccnc(-c3ccccc3)c2)OC1(C)C.CO.CO.O=S(=O)([O-])C(F)(F)F.[Ir].[Ir].[c-]1ccccc1-c1ccccn1.[c-]1ccccc1-c1ccccn1. The van der Waals surface area contributed by atoms with Gasteiger partial charge in [0.2, 0.25) is 0 Å². The molecule has 4 aromatic heterocycles. The number of pyridine rings is 4. The van der Waals surface area contributed by atoms with Crippen LogP contribution in [0.4, 0.5) is 13.2 Å². The molecular formula is C59H63B2F3Ir2N4O9S-4. The number of hydrogen-bond acceptors (Lipinski definition) is 13. The fourth-order valence-electron chi connectivity index (χ4n) is 6.76. The Hall–Kier alpha value is -5.63. The van der Waals surface area contributed by atoms with E-state index in [1.54, 1.807) is 18.6 Å². The van der Waals surface area contributed by atoms with Crippen LogP contribution < -0.4 is 10.9 Å². The van der Waals surface area contributed by atoms with E-state index >= 15 is 0 Å². The minimum Gasteiger partial charge on any atom is -0.741 e. The molecule has 21 heteroatoms. The zero-order valence-corrected chi connectivity index (χ0v) is 51.4. The summed E-state index contributed by atoms with van der Waals surface area (Å²) in [5.74, 6) is 0. The van der Waals surface area contributed by atoms with E-state index in [1.165, 1.54) is 0 Å². The van der Waals surface area contributed by atoms with E-state index in [9.17, 15) is 13.2 Å². The van der Waals surface area contributed by atoms with Gasteiger partial charge in [-0.15, -0.1) is 108 Å². The third-order valence-electron chi connectivity index (χ3n) is 12.3. The second-order valence-electron chi connectivity index (χ2n) is 18.6. The van der Waals surface area contributed by atoms with Crippen molar-refractivity contribution in [1.29, 1.82) is 0 Å². The Morgan fingerprint density at radius 3 is 1.06 bits per heavy atom. The Kier molecular flexibility index (Phi) is 28.8. The molecule has 2 saturated heterocycles. The molecule has 4 aromatic carbocycles. The van der Waals surface area contributed by atoms with Gasteiger partial charge < -0.3 is 48.3 Å².